The van der Waals surface area contributed by atoms with Crippen LogP contribution < -0.4 is 5.73 Å². The Kier molecular flexibility index (Phi) is 5.60. The maximum Gasteiger partial charge on any atom is 0.225 e. The van der Waals surface area contributed by atoms with E-state index in [0.29, 0.717) is 38.1 Å². The van der Waals surface area contributed by atoms with Crippen LogP contribution in [-0.2, 0) is 14.3 Å². The van der Waals surface area contributed by atoms with Gasteiger partial charge in [0.05, 0.1) is 25.7 Å². The largest absolute Gasteiger partial charge is 0.378 e. The number of nitrogens with two attached hydrogens (primary N) is 1. The average Bonchev–Trinajstić information content (AvgIpc) is 3.03. The number of amides is 1. The summed E-state index contributed by atoms with van der Waals surface area (Å²) >= 11 is 0. The van der Waals surface area contributed by atoms with Gasteiger partial charge < -0.3 is 20.1 Å². The number of carbonyl (C=O) groups excluding carboxylic acids is 1. The molecule has 0 radical (unpaired) electrons. The van der Waals surface area contributed by atoms with Gasteiger partial charge in [0.2, 0.25) is 5.91 Å². The Morgan fingerprint density at radius 2 is 2.37 bits per heavy atom. The third-order valence-electron chi connectivity index (χ3n) is 4.10. The molecule has 0 aliphatic carbocycles. The molecule has 2 saturated heterocycles. The highest BCUT2D eigenvalue weighted by atomic mass is 16.5. The van der Waals surface area contributed by atoms with Crippen LogP contribution in [0.5, 0.6) is 0 Å². The van der Waals surface area contributed by atoms with E-state index in [0.717, 1.165) is 32.4 Å². The molecular formula is C14H26N2O3. The molecule has 2 fully saturated rings. The number of rotatable bonds is 6. The second-order valence-corrected chi connectivity index (χ2v) is 5.69. The Labute approximate surface area is 115 Å². The van der Waals surface area contributed by atoms with E-state index in [1.54, 1.807) is 0 Å². The maximum absolute atomic E-state index is 12.1. The summed E-state index contributed by atoms with van der Waals surface area (Å²) in [5.41, 5.74) is 5.67. The van der Waals surface area contributed by atoms with E-state index in [-0.39, 0.29) is 12.0 Å². The van der Waals surface area contributed by atoms with Crippen molar-refractivity contribution in [1.82, 2.24) is 4.90 Å². The summed E-state index contributed by atoms with van der Waals surface area (Å²) < 4.78 is 11.0. The Bertz CT molecular complexity index is 292. The van der Waals surface area contributed by atoms with Crippen LogP contribution in [0, 0.1) is 5.92 Å². The van der Waals surface area contributed by atoms with Crippen molar-refractivity contribution in [1.29, 1.82) is 0 Å². The summed E-state index contributed by atoms with van der Waals surface area (Å²) in [6.45, 7) is 5.54. The summed E-state index contributed by atoms with van der Waals surface area (Å²) in [5, 5.41) is 0. The third-order valence-corrected chi connectivity index (χ3v) is 4.10. The van der Waals surface area contributed by atoms with E-state index in [1.807, 2.05) is 4.90 Å². The molecule has 2 heterocycles. The van der Waals surface area contributed by atoms with Gasteiger partial charge in [0.25, 0.3) is 0 Å². The molecule has 3 unspecified atom stereocenters. The third kappa shape index (κ3) is 4.16. The van der Waals surface area contributed by atoms with Gasteiger partial charge in [-0.2, -0.15) is 0 Å². The molecule has 0 spiro atoms. The van der Waals surface area contributed by atoms with Crippen LogP contribution in [0.3, 0.4) is 0 Å². The first-order valence-electron chi connectivity index (χ1n) is 7.39. The number of hydrogen-bond acceptors (Lipinski definition) is 4. The van der Waals surface area contributed by atoms with Crippen molar-refractivity contribution in [2.45, 2.75) is 44.8 Å². The molecule has 3 atom stereocenters. The van der Waals surface area contributed by atoms with Gasteiger partial charge in [-0.3, -0.25) is 4.79 Å². The summed E-state index contributed by atoms with van der Waals surface area (Å²) in [6.07, 6.45) is 3.93. The summed E-state index contributed by atoms with van der Waals surface area (Å²) in [5.74, 6) is 0.655. The fourth-order valence-corrected chi connectivity index (χ4v) is 2.95. The maximum atomic E-state index is 12.1. The average molecular weight is 270 g/mol. The first kappa shape index (κ1) is 14.8. The van der Waals surface area contributed by atoms with Gasteiger partial charge in [0.15, 0.2) is 0 Å². The molecule has 0 saturated carbocycles. The lowest BCUT2D eigenvalue weighted by atomic mass is 10.1. The van der Waals surface area contributed by atoms with Gasteiger partial charge in [0, 0.05) is 19.2 Å². The van der Waals surface area contributed by atoms with Gasteiger partial charge >= 0.3 is 0 Å². The zero-order chi connectivity index (χ0) is 13.7. The molecule has 0 aromatic heterocycles. The molecule has 5 nitrogen and oxygen atoms in total. The minimum absolute atomic E-state index is 0.191. The molecule has 0 aromatic carbocycles. The molecule has 19 heavy (non-hydrogen) atoms. The lowest BCUT2D eigenvalue weighted by molar-refractivity contribution is -0.133. The number of ether oxygens (including phenoxy) is 2. The second kappa shape index (κ2) is 7.22. The zero-order valence-electron chi connectivity index (χ0n) is 11.8. The Morgan fingerprint density at radius 1 is 1.53 bits per heavy atom. The first-order chi connectivity index (χ1) is 9.20. The van der Waals surface area contributed by atoms with Gasteiger partial charge in [-0.15, -0.1) is 0 Å². The highest BCUT2D eigenvalue weighted by Gasteiger charge is 2.31. The molecule has 0 bridgehead atoms. The summed E-state index contributed by atoms with van der Waals surface area (Å²) in [4.78, 5) is 14.0. The lowest BCUT2D eigenvalue weighted by Crippen LogP contribution is -2.35. The van der Waals surface area contributed by atoms with Crippen molar-refractivity contribution in [3.8, 4) is 0 Å². The normalized spacial score (nSPS) is 31.1. The molecule has 110 valence electrons. The van der Waals surface area contributed by atoms with Crippen molar-refractivity contribution in [2.24, 2.45) is 11.7 Å². The van der Waals surface area contributed by atoms with E-state index in [9.17, 15) is 4.79 Å². The molecule has 2 N–H and O–H groups in total. The van der Waals surface area contributed by atoms with E-state index in [2.05, 4.69) is 6.92 Å². The topological polar surface area (TPSA) is 64.8 Å². The van der Waals surface area contributed by atoms with Crippen molar-refractivity contribution in [2.75, 3.05) is 32.9 Å². The molecular weight excluding hydrogens is 244 g/mol. The fourth-order valence-electron chi connectivity index (χ4n) is 2.95. The number of nitrogens with zero attached hydrogens (tertiary/aromatic N) is 1. The summed E-state index contributed by atoms with van der Waals surface area (Å²) in [6, 6.07) is 0.319. The number of likely N-dealkylation sites (tertiary alicyclic amines) is 1. The van der Waals surface area contributed by atoms with Gasteiger partial charge in [0.1, 0.15) is 0 Å². The standard InChI is InChI=1S/C14H26N2O3/c1-11-7-12(8-15)9-16(11)14(17)4-6-18-10-13-3-2-5-19-13/h11-13H,2-10,15H2,1H3. The highest BCUT2D eigenvalue weighted by Crippen LogP contribution is 2.22. The van der Waals surface area contributed by atoms with E-state index >= 15 is 0 Å². The quantitative estimate of drug-likeness (QED) is 0.724. The van der Waals surface area contributed by atoms with Crippen LogP contribution in [-0.4, -0.2) is 55.9 Å². The van der Waals surface area contributed by atoms with Crippen LogP contribution in [0.1, 0.15) is 32.6 Å². The summed E-state index contributed by atoms with van der Waals surface area (Å²) in [7, 11) is 0. The SMILES string of the molecule is CC1CC(CN)CN1C(=O)CCOCC1CCCO1. The lowest BCUT2D eigenvalue weighted by Gasteiger charge is -2.21. The monoisotopic (exact) mass is 270 g/mol. The van der Waals surface area contributed by atoms with Gasteiger partial charge in [-0.25, -0.2) is 0 Å². The minimum Gasteiger partial charge on any atom is -0.378 e. The Morgan fingerprint density at radius 3 is 3.00 bits per heavy atom. The smallest absolute Gasteiger partial charge is 0.225 e. The molecule has 5 heteroatoms. The minimum atomic E-state index is 0.191. The van der Waals surface area contributed by atoms with Gasteiger partial charge in [-0.05, 0) is 38.6 Å². The van der Waals surface area contributed by atoms with Crippen molar-refractivity contribution < 1.29 is 14.3 Å². The van der Waals surface area contributed by atoms with Crippen LogP contribution in [0.15, 0.2) is 0 Å². The molecule has 2 rings (SSSR count). The zero-order valence-corrected chi connectivity index (χ0v) is 11.8. The molecule has 0 aromatic rings. The molecule has 1 amide bonds. The van der Waals surface area contributed by atoms with Crippen LogP contribution in [0.25, 0.3) is 0 Å². The van der Waals surface area contributed by atoms with Crippen molar-refractivity contribution in [3.63, 3.8) is 0 Å². The Hall–Kier alpha value is -0.650. The predicted octanol–water partition coefficient (Wildman–Crippen LogP) is 0.768. The first-order valence-corrected chi connectivity index (χ1v) is 7.39. The van der Waals surface area contributed by atoms with E-state index < -0.39 is 0 Å². The van der Waals surface area contributed by atoms with Crippen LogP contribution >= 0.6 is 0 Å². The number of hydrogen-bond donors (Lipinski definition) is 1. The van der Waals surface area contributed by atoms with Crippen molar-refractivity contribution in [3.05, 3.63) is 0 Å². The van der Waals surface area contributed by atoms with Crippen LogP contribution in [0.4, 0.5) is 0 Å². The van der Waals surface area contributed by atoms with Crippen molar-refractivity contribution >= 4 is 5.91 Å². The predicted molar refractivity (Wildman–Crippen MR) is 72.7 cm³/mol. The number of carbonyl (C=O) groups is 1. The van der Waals surface area contributed by atoms with Gasteiger partial charge in [-0.1, -0.05) is 0 Å². The second-order valence-electron chi connectivity index (χ2n) is 5.69. The Balaban J connectivity index is 1.61. The van der Waals surface area contributed by atoms with Crippen LogP contribution in [0.2, 0.25) is 0 Å². The molecule has 2 aliphatic heterocycles. The highest BCUT2D eigenvalue weighted by molar-refractivity contribution is 5.76. The fraction of sp³-hybridized carbons (Fsp3) is 0.929. The molecule has 2 aliphatic rings. The van der Waals surface area contributed by atoms with E-state index in [4.69, 9.17) is 15.2 Å². The van der Waals surface area contributed by atoms with E-state index in [1.165, 1.54) is 0 Å².